The summed E-state index contributed by atoms with van der Waals surface area (Å²) in [5.41, 5.74) is 1.33. The number of halogens is 1. The van der Waals surface area contributed by atoms with Crippen molar-refractivity contribution in [2.24, 2.45) is 5.92 Å². The van der Waals surface area contributed by atoms with Gasteiger partial charge in [0.1, 0.15) is 0 Å². The molecule has 9 heteroatoms. The zero-order valence-electron chi connectivity index (χ0n) is 16.9. The molecule has 1 aromatic heterocycles. The highest BCUT2D eigenvalue weighted by Crippen LogP contribution is 2.25. The van der Waals surface area contributed by atoms with E-state index in [0.717, 1.165) is 18.4 Å². The van der Waals surface area contributed by atoms with E-state index >= 15 is 0 Å². The predicted octanol–water partition coefficient (Wildman–Crippen LogP) is 4.67. The maximum absolute atomic E-state index is 12.9. The molecule has 31 heavy (non-hydrogen) atoms. The summed E-state index contributed by atoms with van der Waals surface area (Å²) in [4.78, 5) is 12.7. The standard InChI is InChI=1S/C22H22ClN3O4S/c1-15-3-2-12-26(14-15)31(28,29)19-10-8-18(9-11-19)24-22(27)20-13-21(30-25-20)16-4-6-17(23)7-5-16/h4-11,13,15H,2-3,12,14H2,1H3,(H,24,27)/t15-/m1/s1. The Hall–Kier alpha value is -2.68. The van der Waals surface area contributed by atoms with Gasteiger partial charge in [-0.2, -0.15) is 4.31 Å². The zero-order valence-corrected chi connectivity index (χ0v) is 18.5. The molecule has 2 aromatic carbocycles. The van der Waals surface area contributed by atoms with Gasteiger partial charge in [0.15, 0.2) is 11.5 Å². The van der Waals surface area contributed by atoms with Gasteiger partial charge < -0.3 is 9.84 Å². The average molecular weight is 460 g/mol. The van der Waals surface area contributed by atoms with Crippen LogP contribution in [0.2, 0.25) is 5.02 Å². The number of hydrogen-bond donors (Lipinski definition) is 1. The second-order valence-electron chi connectivity index (χ2n) is 7.67. The van der Waals surface area contributed by atoms with Gasteiger partial charge in [-0.05, 0) is 67.3 Å². The third-order valence-electron chi connectivity index (χ3n) is 5.24. The highest BCUT2D eigenvalue weighted by molar-refractivity contribution is 7.89. The number of carbonyl (C=O) groups excluding carboxylic acids is 1. The summed E-state index contributed by atoms with van der Waals surface area (Å²) >= 11 is 5.88. The van der Waals surface area contributed by atoms with Crippen molar-refractivity contribution < 1.29 is 17.7 Å². The van der Waals surface area contributed by atoms with Crippen molar-refractivity contribution in [3.8, 4) is 11.3 Å². The Morgan fingerprint density at radius 3 is 2.55 bits per heavy atom. The highest BCUT2D eigenvalue weighted by atomic mass is 35.5. The lowest BCUT2D eigenvalue weighted by atomic mass is 10.0. The van der Waals surface area contributed by atoms with Crippen LogP contribution in [0.25, 0.3) is 11.3 Å². The van der Waals surface area contributed by atoms with E-state index < -0.39 is 15.9 Å². The number of rotatable bonds is 5. The molecule has 7 nitrogen and oxygen atoms in total. The molecule has 1 aliphatic heterocycles. The lowest BCUT2D eigenvalue weighted by Crippen LogP contribution is -2.39. The summed E-state index contributed by atoms with van der Waals surface area (Å²) in [7, 11) is -3.54. The van der Waals surface area contributed by atoms with E-state index in [1.165, 1.54) is 22.5 Å². The summed E-state index contributed by atoms with van der Waals surface area (Å²) in [5.74, 6) is 0.339. The van der Waals surface area contributed by atoms with Crippen molar-refractivity contribution in [2.75, 3.05) is 18.4 Å². The molecule has 4 rings (SSSR count). The summed E-state index contributed by atoms with van der Waals surface area (Å²) in [6.45, 7) is 3.12. The Morgan fingerprint density at radius 2 is 1.87 bits per heavy atom. The number of hydrogen-bond acceptors (Lipinski definition) is 5. The topological polar surface area (TPSA) is 92.5 Å². The number of carbonyl (C=O) groups is 1. The quantitative estimate of drug-likeness (QED) is 0.598. The van der Waals surface area contributed by atoms with Crippen LogP contribution >= 0.6 is 11.6 Å². The average Bonchev–Trinajstić information content (AvgIpc) is 3.25. The number of nitrogens with one attached hydrogen (secondary N) is 1. The van der Waals surface area contributed by atoms with Crippen LogP contribution in [-0.2, 0) is 10.0 Å². The Labute approximate surface area is 186 Å². The van der Waals surface area contributed by atoms with E-state index in [2.05, 4.69) is 17.4 Å². The Bertz CT molecular complexity index is 1170. The van der Waals surface area contributed by atoms with E-state index in [1.807, 2.05) is 0 Å². The van der Waals surface area contributed by atoms with Crippen LogP contribution in [0.3, 0.4) is 0 Å². The van der Waals surface area contributed by atoms with Crippen LogP contribution < -0.4 is 5.32 Å². The van der Waals surface area contributed by atoms with E-state index in [0.29, 0.717) is 35.5 Å². The normalized spacial score (nSPS) is 17.4. The predicted molar refractivity (Wildman–Crippen MR) is 119 cm³/mol. The molecule has 1 aliphatic rings. The molecule has 1 amide bonds. The van der Waals surface area contributed by atoms with Gasteiger partial charge in [-0.25, -0.2) is 8.42 Å². The molecular formula is C22H22ClN3O4S. The van der Waals surface area contributed by atoms with Crippen LogP contribution in [0.15, 0.2) is 64.0 Å². The smallest absolute Gasteiger partial charge is 0.277 e. The molecule has 1 N–H and O–H groups in total. The first-order valence-electron chi connectivity index (χ1n) is 9.97. The lowest BCUT2D eigenvalue weighted by molar-refractivity contribution is 0.101. The number of nitrogens with zero attached hydrogens (tertiary/aromatic N) is 2. The van der Waals surface area contributed by atoms with Crippen molar-refractivity contribution in [1.29, 1.82) is 0 Å². The van der Waals surface area contributed by atoms with Gasteiger partial charge in [0.2, 0.25) is 10.0 Å². The molecule has 1 fully saturated rings. The van der Waals surface area contributed by atoms with Crippen LogP contribution in [-0.4, -0.2) is 36.9 Å². The van der Waals surface area contributed by atoms with Crippen LogP contribution in [0.4, 0.5) is 5.69 Å². The van der Waals surface area contributed by atoms with Crippen molar-refractivity contribution in [3.05, 3.63) is 65.3 Å². The molecule has 0 saturated carbocycles. The Balaban J connectivity index is 1.44. The van der Waals surface area contributed by atoms with Gasteiger partial charge in [0.05, 0.1) is 4.90 Å². The molecule has 3 aromatic rings. The second kappa shape index (κ2) is 8.82. The fraction of sp³-hybridized carbons (Fsp3) is 0.273. The van der Waals surface area contributed by atoms with Crippen molar-refractivity contribution in [3.63, 3.8) is 0 Å². The summed E-state index contributed by atoms with van der Waals surface area (Å²) in [5, 5.41) is 7.12. The van der Waals surface area contributed by atoms with Gasteiger partial charge in [0, 0.05) is 35.4 Å². The molecule has 162 valence electrons. The molecule has 1 atom stereocenters. The van der Waals surface area contributed by atoms with Crippen LogP contribution in [0.5, 0.6) is 0 Å². The third-order valence-corrected chi connectivity index (χ3v) is 7.37. The van der Waals surface area contributed by atoms with Crippen LogP contribution in [0.1, 0.15) is 30.3 Å². The first-order valence-corrected chi connectivity index (χ1v) is 11.8. The Morgan fingerprint density at radius 1 is 1.16 bits per heavy atom. The molecule has 0 bridgehead atoms. The summed E-state index contributed by atoms with van der Waals surface area (Å²) < 4.78 is 32.5. The van der Waals surface area contributed by atoms with E-state index in [4.69, 9.17) is 16.1 Å². The fourth-order valence-electron chi connectivity index (χ4n) is 3.55. The van der Waals surface area contributed by atoms with Gasteiger partial charge in [-0.15, -0.1) is 0 Å². The van der Waals surface area contributed by atoms with E-state index in [9.17, 15) is 13.2 Å². The Kier molecular flexibility index (Phi) is 6.13. The molecule has 0 radical (unpaired) electrons. The first kappa shape index (κ1) is 21.5. The number of benzene rings is 2. The monoisotopic (exact) mass is 459 g/mol. The van der Waals surface area contributed by atoms with E-state index in [1.54, 1.807) is 36.4 Å². The van der Waals surface area contributed by atoms with Crippen molar-refractivity contribution in [2.45, 2.75) is 24.7 Å². The summed E-state index contributed by atoms with van der Waals surface area (Å²) in [6.07, 6.45) is 1.91. The largest absolute Gasteiger partial charge is 0.355 e. The number of aromatic nitrogens is 1. The van der Waals surface area contributed by atoms with Crippen LogP contribution in [0, 0.1) is 5.92 Å². The molecule has 0 spiro atoms. The SMILES string of the molecule is C[C@@H]1CCCN(S(=O)(=O)c2ccc(NC(=O)c3cc(-c4ccc(Cl)cc4)on3)cc2)C1. The number of piperidine rings is 1. The minimum Gasteiger partial charge on any atom is -0.355 e. The van der Waals surface area contributed by atoms with Gasteiger partial charge in [0.25, 0.3) is 5.91 Å². The lowest BCUT2D eigenvalue weighted by Gasteiger charge is -2.30. The van der Waals surface area contributed by atoms with Gasteiger partial charge >= 0.3 is 0 Å². The second-order valence-corrected chi connectivity index (χ2v) is 10.0. The fourth-order valence-corrected chi connectivity index (χ4v) is 5.28. The first-order chi connectivity index (χ1) is 14.8. The third kappa shape index (κ3) is 4.81. The molecule has 0 aliphatic carbocycles. The highest BCUT2D eigenvalue weighted by Gasteiger charge is 2.28. The van der Waals surface area contributed by atoms with Crippen molar-refractivity contribution in [1.82, 2.24) is 9.46 Å². The minimum absolute atomic E-state index is 0.115. The zero-order chi connectivity index (χ0) is 22.0. The van der Waals surface area contributed by atoms with Gasteiger partial charge in [-0.1, -0.05) is 23.7 Å². The minimum atomic E-state index is -3.54. The molecule has 2 heterocycles. The summed E-state index contributed by atoms with van der Waals surface area (Å²) in [6, 6.07) is 14.7. The maximum Gasteiger partial charge on any atom is 0.277 e. The number of sulfonamides is 1. The van der Waals surface area contributed by atoms with Crippen molar-refractivity contribution >= 4 is 33.2 Å². The molecular weight excluding hydrogens is 438 g/mol. The number of anilines is 1. The molecule has 1 saturated heterocycles. The molecule has 0 unspecified atom stereocenters. The van der Waals surface area contributed by atoms with E-state index in [-0.39, 0.29) is 10.6 Å². The van der Waals surface area contributed by atoms with Gasteiger partial charge in [-0.3, -0.25) is 4.79 Å². The maximum atomic E-state index is 12.9. The number of amides is 1.